The van der Waals surface area contributed by atoms with Crippen LogP contribution in [-0.4, -0.2) is 67.7 Å². The summed E-state index contributed by atoms with van der Waals surface area (Å²) in [5.74, 6) is 0.430. The summed E-state index contributed by atoms with van der Waals surface area (Å²) < 4.78 is 5.33. The third-order valence-electron chi connectivity index (χ3n) is 4.77. The minimum absolute atomic E-state index is 0.0997. The van der Waals surface area contributed by atoms with Gasteiger partial charge in [0.05, 0.1) is 13.2 Å². The second kappa shape index (κ2) is 10.3. The minimum atomic E-state index is -0.244. The molecule has 1 aromatic rings. The number of nitrogens with zero attached hydrogens (tertiary/aromatic N) is 3. The molecule has 0 aliphatic carbocycles. The summed E-state index contributed by atoms with van der Waals surface area (Å²) in [6, 6.07) is 7.97. The van der Waals surface area contributed by atoms with E-state index in [4.69, 9.17) is 4.74 Å². The maximum atomic E-state index is 12.9. The Morgan fingerprint density at radius 3 is 2.56 bits per heavy atom. The highest BCUT2D eigenvalue weighted by atomic mass is 16.6. The van der Waals surface area contributed by atoms with E-state index in [9.17, 15) is 9.59 Å². The number of carbonyl (C=O) groups is 2. The van der Waals surface area contributed by atoms with Crippen LogP contribution in [0.2, 0.25) is 0 Å². The van der Waals surface area contributed by atoms with Crippen molar-refractivity contribution in [2.24, 2.45) is 5.92 Å². The van der Waals surface area contributed by atoms with Crippen LogP contribution in [0.1, 0.15) is 32.8 Å². The molecule has 6 nitrogen and oxygen atoms in total. The third-order valence-corrected chi connectivity index (χ3v) is 4.77. The van der Waals surface area contributed by atoms with Gasteiger partial charge in [-0.05, 0) is 37.8 Å². The number of para-hydroxylation sites is 1. The Balaban J connectivity index is 1.91. The van der Waals surface area contributed by atoms with E-state index in [1.54, 1.807) is 4.90 Å². The van der Waals surface area contributed by atoms with Gasteiger partial charge in [-0.3, -0.25) is 9.69 Å². The number of aryl methyl sites for hydroxylation is 1. The van der Waals surface area contributed by atoms with Gasteiger partial charge in [-0.25, -0.2) is 4.79 Å². The lowest BCUT2D eigenvalue weighted by Crippen LogP contribution is -2.42. The molecule has 1 heterocycles. The van der Waals surface area contributed by atoms with Gasteiger partial charge in [0, 0.05) is 38.4 Å². The Bertz CT molecular complexity index is 633. The number of hydrogen-bond donors (Lipinski definition) is 0. The quantitative estimate of drug-likeness (QED) is 0.766. The van der Waals surface area contributed by atoms with Gasteiger partial charge in [-0.15, -0.1) is 0 Å². The monoisotopic (exact) mass is 375 g/mol. The highest BCUT2D eigenvalue weighted by Gasteiger charge is 2.23. The molecule has 27 heavy (non-hydrogen) atoms. The molecule has 1 aromatic carbocycles. The van der Waals surface area contributed by atoms with Crippen LogP contribution in [0.15, 0.2) is 24.3 Å². The molecule has 1 fully saturated rings. The second-order valence-corrected chi connectivity index (χ2v) is 7.51. The minimum Gasteiger partial charge on any atom is -0.449 e. The van der Waals surface area contributed by atoms with Crippen molar-refractivity contribution < 1.29 is 14.3 Å². The van der Waals surface area contributed by atoms with Crippen molar-refractivity contribution in [1.82, 2.24) is 9.80 Å². The molecule has 1 saturated heterocycles. The summed E-state index contributed by atoms with van der Waals surface area (Å²) in [4.78, 5) is 30.8. The van der Waals surface area contributed by atoms with Crippen molar-refractivity contribution in [3.63, 3.8) is 0 Å². The number of ether oxygens (including phenoxy) is 1. The number of anilines is 1. The topological polar surface area (TPSA) is 53.1 Å². The highest BCUT2D eigenvalue weighted by molar-refractivity contribution is 5.95. The van der Waals surface area contributed by atoms with Crippen molar-refractivity contribution in [3.8, 4) is 0 Å². The molecule has 2 rings (SSSR count). The van der Waals surface area contributed by atoms with Crippen LogP contribution in [0, 0.1) is 12.8 Å². The smallest absolute Gasteiger partial charge is 0.409 e. The van der Waals surface area contributed by atoms with Crippen LogP contribution in [0.5, 0.6) is 0 Å². The van der Waals surface area contributed by atoms with Crippen LogP contribution in [0.4, 0.5) is 10.5 Å². The Labute approximate surface area is 163 Å². The van der Waals surface area contributed by atoms with E-state index in [2.05, 4.69) is 4.90 Å². The lowest BCUT2D eigenvalue weighted by molar-refractivity contribution is -0.119. The summed E-state index contributed by atoms with van der Waals surface area (Å²) in [7, 11) is 0. The first-order valence-electron chi connectivity index (χ1n) is 9.92. The largest absolute Gasteiger partial charge is 0.449 e. The number of rotatable bonds is 6. The van der Waals surface area contributed by atoms with Crippen LogP contribution >= 0.6 is 0 Å². The van der Waals surface area contributed by atoms with Gasteiger partial charge < -0.3 is 14.5 Å². The summed E-state index contributed by atoms with van der Waals surface area (Å²) in [5.41, 5.74) is 2.07. The molecule has 150 valence electrons. The average Bonchev–Trinajstić information content (AvgIpc) is 2.87. The maximum Gasteiger partial charge on any atom is 0.409 e. The van der Waals surface area contributed by atoms with E-state index in [1.165, 1.54) is 0 Å². The summed E-state index contributed by atoms with van der Waals surface area (Å²) in [6.07, 6.45) is 0.604. The highest BCUT2D eigenvalue weighted by Crippen LogP contribution is 2.19. The number of hydrogen-bond acceptors (Lipinski definition) is 4. The van der Waals surface area contributed by atoms with Crippen molar-refractivity contribution >= 4 is 17.7 Å². The van der Waals surface area contributed by atoms with Crippen molar-refractivity contribution in [2.75, 3.05) is 50.8 Å². The molecule has 0 radical (unpaired) electrons. The van der Waals surface area contributed by atoms with Crippen LogP contribution in [-0.2, 0) is 9.53 Å². The van der Waals surface area contributed by atoms with Gasteiger partial charge in [0.25, 0.3) is 0 Å². The molecule has 0 atom stereocenters. The molecule has 0 spiro atoms. The molecule has 0 bridgehead atoms. The summed E-state index contributed by atoms with van der Waals surface area (Å²) >= 11 is 0. The molecule has 0 saturated carbocycles. The predicted octanol–water partition coefficient (Wildman–Crippen LogP) is 3.15. The fourth-order valence-electron chi connectivity index (χ4n) is 3.26. The third kappa shape index (κ3) is 6.24. The van der Waals surface area contributed by atoms with Gasteiger partial charge in [0.15, 0.2) is 0 Å². The van der Waals surface area contributed by atoms with E-state index in [1.807, 2.05) is 56.9 Å². The van der Waals surface area contributed by atoms with Gasteiger partial charge in [-0.1, -0.05) is 32.0 Å². The Morgan fingerprint density at radius 1 is 1.15 bits per heavy atom. The van der Waals surface area contributed by atoms with Crippen LogP contribution < -0.4 is 4.90 Å². The van der Waals surface area contributed by atoms with Crippen molar-refractivity contribution in [1.29, 1.82) is 0 Å². The van der Waals surface area contributed by atoms with E-state index in [0.29, 0.717) is 45.2 Å². The molecule has 1 aliphatic rings. The molecule has 6 heteroatoms. The Hall–Kier alpha value is -2.08. The first kappa shape index (κ1) is 21.2. The van der Waals surface area contributed by atoms with Gasteiger partial charge in [0.2, 0.25) is 5.91 Å². The molecule has 2 amide bonds. The lowest BCUT2D eigenvalue weighted by Gasteiger charge is -2.27. The second-order valence-electron chi connectivity index (χ2n) is 7.51. The molecule has 0 unspecified atom stereocenters. The zero-order chi connectivity index (χ0) is 19.8. The Morgan fingerprint density at radius 2 is 1.89 bits per heavy atom. The van der Waals surface area contributed by atoms with Crippen LogP contribution in [0.25, 0.3) is 0 Å². The number of carbonyl (C=O) groups excluding carboxylic acids is 2. The van der Waals surface area contributed by atoms with Gasteiger partial charge >= 0.3 is 6.09 Å². The Kier molecular flexibility index (Phi) is 8.10. The predicted molar refractivity (Wildman–Crippen MR) is 108 cm³/mol. The van der Waals surface area contributed by atoms with Gasteiger partial charge in [-0.2, -0.15) is 0 Å². The molecule has 0 N–H and O–H groups in total. The maximum absolute atomic E-state index is 12.9. The van der Waals surface area contributed by atoms with E-state index < -0.39 is 0 Å². The molecular formula is C21H33N3O3. The number of benzene rings is 1. The first-order valence-corrected chi connectivity index (χ1v) is 9.92. The number of likely N-dealkylation sites (N-methyl/N-ethyl adjacent to an activating group) is 1. The van der Waals surface area contributed by atoms with Crippen LogP contribution in [0.3, 0.4) is 0 Å². The summed E-state index contributed by atoms with van der Waals surface area (Å²) in [5, 5.41) is 0. The van der Waals surface area contributed by atoms with Gasteiger partial charge in [0.1, 0.15) is 0 Å². The van der Waals surface area contributed by atoms with E-state index >= 15 is 0 Å². The SMILES string of the molecule is CCN(C(=O)CN1CCCN(C(=O)OCC(C)C)CC1)c1ccccc1C. The zero-order valence-electron chi connectivity index (χ0n) is 17.1. The normalized spacial score (nSPS) is 15.5. The van der Waals surface area contributed by atoms with E-state index in [0.717, 1.165) is 24.2 Å². The zero-order valence-corrected chi connectivity index (χ0v) is 17.1. The molecular weight excluding hydrogens is 342 g/mol. The van der Waals surface area contributed by atoms with E-state index in [-0.39, 0.29) is 12.0 Å². The summed E-state index contributed by atoms with van der Waals surface area (Å²) in [6.45, 7) is 12.3. The fraction of sp³-hybridized carbons (Fsp3) is 0.619. The standard InChI is InChI=1S/C21H33N3O3/c1-5-24(19-10-7-6-9-18(19)4)20(25)15-22-11-8-12-23(14-13-22)21(26)27-16-17(2)3/h6-7,9-10,17H,5,8,11-16H2,1-4H3. The molecule has 1 aliphatic heterocycles. The lowest BCUT2D eigenvalue weighted by atomic mass is 10.2. The average molecular weight is 376 g/mol. The first-order chi connectivity index (χ1) is 12.9. The fourth-order valence-corrected chi connectivity index (χ4v) is 3.26. The van der Waals surface area contributed by atoms with Crippen molar-refractivity contribution in [3.05, 3.63) is 29.8 Å². The molecule has 0 aromatic heterocycles. The van der Waals surface area contributed by atoms with Crippen molar-refractivity contribution in [2.45, 2.75) is 34.1 Å². The number of amides is 2.